The average molecular weight is 297 g/mol. The molecule has 0 fully saturated rings. The smallest absolute Gasteiger partial charge is 0.304 e. The summed E-state index contributed by atoms with van der Waals surface area (Å²) < 4.78 is 28.5. The number of hydrogen-bond acceptors (Lipinski definition) is 3. The first-order chi connectivity index (χ1) is 9.56. The molecular formula is C14H23N3O2S. The topological polar surface area (TPSA) is 52.7 Å². The Kier molecular flexibility index (Phi) is 4.67. The molecule has 0 radical (unpaired) electrons. The molecule has 1 aliphatic heterocycles. The van der Waals surface area contributed by atoms with Crippen LogP contribution in [0, 0.1) is 0 Å². The van der Waals surface area contributed by atoms with Gasteiger partial charge >= 0.3 is 10.2 Å². The van der Waals surface area contributed by atoms with Gasteiger partial charge in [-0.3, -0.25) is 4.31 Å². The van der Waals surface area contributed by atoms with Gasteiger partial charge in [-0.15, -0.1) is 0 Å². The molecule has 0 saturated carbocycles. The van der Waals surface area contributed by atoms with Gasteiger partial charge in [0, 0.05) is 25.7 Å². The lowest BCUT2D eigenvalue weighted by molar-refractivity contribution is 0.436. The van der Waals surface area contributed by atoms with Gasteiger partial charge < -0.3 is 5.32 Å². The number of benzene rings is 1. The third-order valence-electron chi connectivity index (χ3n) is 3.86. The average Bonchev–Trinajstić information content (AvgIpc) is 2.46. The normalized spacial score (nSPS) is 19.2. The maximum absolute atomic E-state index is 12.7. The van der Waals surface area contributed by atoms with Crippen molar-refractivity contribution >= 4 is 15.9 Å². The lowest BCUT2D eigenvalue weighted by Crippen LogP contribution is -2.47. The van der Waals surface area contributed by atoms with Crippen LogP contribution in [-0.2, 0) is 10.2 Å². The largest absolute Gasteiger partial charge is 0.313 e. The van der Waals surface area contributed by atoms with Crippen molar-refractivity contribution in [2.45, 2.75) is 26.3 Å². The van der Waals surface area contributed by atoms with Gasteiger partial charge in [0.05, 0.1) is 5.69 Å². The summed E-state index contributed by atoms with van der Waals surface area (Å²) in [7, 11) is -1.52. The predicted octanol–water partition coefficient (Wildman–Crippen LogP) is 1.74. The van der Waals surface area contributed by atoms with Crippen LogP contribution in [0.3, 0.4) is 0 Å². The summed E-state index contributed by atoms with van der Waals surface area (Å²) in [6.07, 6.45) is 0.786. The number of rotatable bonds is 5. The number of para-hydroxylation sites is 1. The molecule has 1 aliphatic rings. The molecule has 1 atom stereocenters. The summed E-state index contributed by atoms with van der Waals surface area (Å²) in [4.78, 5) is 0. The van der Waals surface area contributed by atoms with E-state index in [1.807, 2.05) is 45.2 Å². The van der Waals surface area contributed by atoms with Gasteiger partial charge in [0.2, 0.25) is 0 Å². The highest BCUT2D eigenvalue weighted by Crippen LogP contribution is 2.35. The molecule has 0 aromatic heterocycles. The number of nitrogens with one attached hydrogen (secondary N) is 1. The third-order valence-corrected chi connectivity index (χ3v) is 5.97. The molecule has 112 valence electrons. The first-order valence-corrected chi connectivity index (χ1v) is 8.49. The van der Waals surface area contributed by atoms with E-state index >= 15 is 0 Å². The van der Waals surface area contributed by atoms with E-state index in [1.54, 1.807) is 4.31 Å². The number of anilines is 1. The summed E-state index contributed by atoms with van der Waals surface area (Å²) >= 11 is 0. The highest BCUT2D eigenvalue weighted by molar-refractivity contribution is 7.90. The lowest BCUT2D eigenvalue weighted by atomic mass is 9.98. The zero-order valence-electron chi connectivity index (χ0n) is 12.3. The van der Waals surface area contributed by atoms with E-state index in [4.69, 9.17) is 0 Å². The first-order valence-electron chi connectivity index (χ1n) is 7.10. The maximum Gasteiger partial charge on any atom is 0.304 e. The Labute approximate surface area is 121 Å². The van der Waals surface area contributed by atoms with Crippen molar-refractivity contribution in [2.75, 3.05) is 31.0 Å². The van der Waals surface area contributed by atoms with Crippen LogP contribution in [0.1, 0.15) is 31.9 Å². The fourth-order valence-electron chi connectivity index (χ4n) is 2.76. The van der Waals surface area contributed by atoms with Crippen LogP contribution in [0.15, 0.2) is 24.3 Å². The fourth-order valence-corrected chi connectivity index (χ4v) is 4.44. The van der Waals surface area contributed by atoms with Gasteiger partial charge in [0.1, 0.15) is 0 Å². The van der Waals surface area contributed by atoms with Crippen molar-refractivity contribution in [3.63, 3.8) is 0 Å². The highest BCUT2D eigenvalue weighted by Gasteiger charge is 2.33. The van der Waals surface area contributed by atoms with Gasteiger partial charge in [-0.1, -0.05) is 32.0 Å². The molecule has 1 heterocycles. The Morgan fingerprint density at radius 3 is 2.55 bits per heavy atom. The van der Waals surface area contributed by atoms with Gasteiger partial charge in [-0.05, 0) is 25.1 Å². The predicted molar refractivity (Wildman–Crippen MR) is 82.0 cm³/mol. The number of hydrogen-bond donors (Lipinski definition) is 1. The summed E-state index contributed by atoms with van der Waals surface area (Å²) in [6.45, 7) is 5.24. The zero-order chi connectivity index (χ0) is 14.8. The minimum absolute atomic E-state index is 0.217. The van der Waals surface area contributed by atoms with Crippen molar-refractivity contribution in [2.24, 2.45) is 0 Å². The molecule has 0 aliphatic carbocycles. The molecule has 5 nitrogen and oxygen atoms in total. The molecular weight excluding hydrogens is 274 g/mol. The Bertz CT molecular complexity index is 555. The zero-order valence-corrected chi connectivity index (χ0v) is 13.2. The van der Waals surface area contributed by atoms with Gasteiger partial charge in [-0.2, -0.15) is 12.7 Å². The first kappa shape index (κ1) is 15.3. The second kappa shape index (κ2) is 6.11. The van der Waals surface area contributed by atoms with Crippen LogP contribution in [0.4, 0.5) is 5.69 Å². The van der Waals surface area contributed by atoms with Gasteiger partial charge in [0.25, 0.3) is 0 Å². The number of fused-ring (bicyclic) bond motifs is 1. The molecule has 1 aromatic rings. The van der Waals surface area contributed by atoms with Crippen molar-refractivity contribution in [1.29, 1.82) is 0 Å². The third kappa shape index (κ3) is 2.55. The van der Waals surface area contributed by atoms with E-state index in [2.05, 4.69) is 5.32 Å². The standard InChI is InChI=1S/C14H23N3O2S/c1-4-16(5-2)20(18,19)17-11-10-13(15-3)12-8-6-7-9-14(12)17/h6-9,13,15H,4-5,10-11H2,1-3H3. The second-order valence-electron chi connectivity index (χ2n) is 4.85. The van der Waals surface area contributed by atoms with Crippen molar-refractivity contribution in [3.8, 4) is 0 Å². The minimum Gasteiger partial charge on any atom is -0.313 e. The summed E-state index contributed by atoms with van der Waals surface area (Å²) in [5.74, 6) is 0. The van der Waals surface area contributed by atoms with E-state index < -0.39 is 10.2 Å². The summed E-state index contributed by atoms with van der Waals surface area (Å²) in [6, 6.07) is 7.95. The van der Waals surface area contributed by atoms with Crippen molar-refractivity contribution in [3.05, 3.63) is 29.8 Å². The fraction of sp³-hybridized carbons (Fsp3) is 0.571. The van der Waals surface area contributed by atoms with Crippen LogP contribution in [-0.4, -0.2) is 39.4 Å². The van der Waals surface area contributed by atoms with E-state index in [1.165, 1.54) is 4.31 Å². The van der Waals surface area contributed by atoms with Crippen LogP contribution in [0.5, 0.6) is 0 Å². The highest BCUT2D eigenvalue weighted by atomic mass is 32.2. The lowest BCUT2D eigenvalue weighted by Gasteiger charge is -2.37. The maximum atomic E-state index is 12.7. The molecule has 20 heavy (non-hydrogen) atoms. The van der Waals surface area contributed by atoms with E-state index in [-0.39, 0.29) is 6.04 Å². The summed E-state index contributed by atoms with van der Waals surface area (Å²) in [5.41, 5.74) is 1.85. The summed E-state index contributed by atoms with van der Waals surface area (Å²) in [5, 5.41) is 3.25. The van der Waals surface area contributed by atoms with Crippen LogP contribution < -0.4 is 9.62 Å². The second-order valence-corrected chi connectivity index (χ2v) is 6.71. The van der Waals surface area contributed by atoms with E-state index in [0.29, 0.717) is 19.6 Å². The number of nitrogens with zero attached hydrogens (tertiary/aromatic N) is 2. The molecule has 0 bridgehead atoms. The quantitative estimate of drug-likeness (QED) is 0.901. The van der Waals surface area contributed by atoms with Crippen LogP contribution in [0.2, 0.25) is 0 Å². The Hall–Kier alpha value is -1.11. The minimum atomic E-state index is -3.43. The Morgan fingerprint density at radius 2 is 1.95 bits per heavy atom. The van der Waals surface area contributed by atoms with Crippen LogP contribution in [0.25, 0.3) is 0 Å². The Balaban J connectivity index is 2.45. The van der Waals surface area contributed by atoms with Crippen molar-refractivity contribution < 1.29 is 8.42 Å². The van der Waals surface area contributed by atoms with E-state index in [0.717, 1.165) is 17.7 Å². The van der Waals surface area contributed by atoms with Gasteiger partial charge in [0.15, 0.2) is 0 Å². The SMILES string of the molecule is CCN(CC)S(=O)(=O)N1CCC(NC)c2ccccc21. The molecule has 0 saturated heterocycles. The molecule has 1 aromatic carbocycles. The molecule has 0 spiro atoms. The molecule has 2 rings (SSSR count). The Morgan fingerprint density at radius 1 is 1.30 bits per heavy atom. The molecule has 1 unspecified atom stereocenters. The van der Waals surface area contributed by atoms with Gasteiger partial charge in [-0.25, -0.2) is 0 Å². The van der Waals surface area contributed by atoms with Crippen LogP contribution >= 0.6 is 0 Å². The van der Waals surface area contributed by atoms with Crippen molar-refractivity contribution in [1.82, 2.24) is 9.62 Å². The van der Waals surface area contributed by atoms with E-state index in [9.17, 15) is 8.42 Å². The molecule has 1 N–H and O–H groups in total. The molecule has 6 heteroatoms. The molecule has 0 amide bonds. The monoisotopic (exact) mass is 297 g/mol.